The molecule has 2 saturated carbocycles. The smallest absolute Gasteiger partial charge is 0.119 e. The highest BCUT2D eigenvalue weighted by Gasteiger charge is 2.21. The van der Waals surface area contributed by atoms with Crippen molar-refractivity contribution in [3.05, 3.63) is 42.0 Å². The molecule has 1 nitrogen and oxygen atoms in total. The van der Waals surface area contributed by atoms with Crippen molar-refractivity contribution < 1.29 is 4.74 Å². The van der Waals surface area contributed by atoms with Crippen LogP contribution in [-0.2, 0) is 6.42 Å². The standard InChI is InChI=1S/C35H58O/c1-3-5-7-8-10-13-31-19-21-33(22-20-31)23-24-34-25-27-35(28-26-34)36-29-11-14-32-17-15-30(16-18-32)12-9-6-4-2/h11,14,25-28,30-33H,3-10,12-13,15-24,29H2,1-2H3/b14-11+/t30-,31-,32-,33-. The minimum atomic E-state index is 0.706. The van der Waals surface area contributed by atoms with E-state index in [1.165, 1.54) is 134 Å². The fourth-order valence-electron chi connectivity index (χ4n) is 6.71. The zero-order chi connectivity index (χ0) is 25.3. The van der Waals surface area contributed by atoms with Crippen LogP contribution in [0.2, 0.25) is 0 Å². The van der Waals surface area contributed by atoms with E-state index in [1.807, 2.05) is 0 Å². The molecule has 2 aliphatic carbocycles. The average molecular weight is 495 g/mol. The number of hydrogen-bond acceptors (Lipinski definition) is 1. The number of allylic oxidation sites excluding steroid dienone is 1. The van der Waals surface area contributed by atoms with Gasteiger partial charge in [-0.3, -0.25) is 0 Å². The van der Waals surface area contributed by atoms with Crippen molar-refractivity contribution in [2.45, 2.75) is 142 Å². The first-order valence-corrected chi connectivity index (χ1v) is 16.1. The van der Waals surface area contributed by atoms with E-state index in [2.05, 4.69) is 50.3 Å². The van der Waals surface area contributed by atoms with Crippen molar-refractivity contribution in [1.82, 2.24) is 0 Å². The molecular weight excluding hydrogens is 436 g/mol. The second-order valence-corrected chi connectivity index (χ2v) is 12.3. The van der Waals surface area contributed by atoms with Crippen molar-refractivity contribution in [3.8, 4) is 5.75 Å². The van der Waals surface area contributed by atoms with E-state index in [9.17, 15) is 0 Å². The predicted molar refractivity (Wildman–Crippen MR) is 158 cm³/mol. The predicted octanol–water partition coefficient (Wildman–Crippen LogP) is 11.1. The third-order valence-corrected chi connectivity index (χ3v) is 9.31. The summed E-state index contributed by atoms with van der Waals surface area (Å²) < 4.78 is 6.01. The zero-order valence-corrected chi connectivity index (χ0v) is 24.0. The molecule has 204 valence electrons. The van der Waals surface area contributed by atoms with Gasteiger partial charge in [-0.1, -0.05) is 128 Å². The molecule has 2 fully saturated rings. The molecule has 0 saturated heterocycles. The largest absolute Gasteiger partial charge is 0.490 e. The van der Waals surface area contributed by atoms with Gasteiger partial charge in [0.05, 0.1) is 0 Å². The molecule has 36 heavy (non-hydrogen) atoms. The average Bonchev–Trinajstić information content (AvgIpc) is 2.92. The van der Waals surface area contributed by atoms with Crippen LogP contribution in [0.15, 0.2) is 36.4 Å². The molecule has 0 amide bonds. The molecule has 0 heterocycles. The highest BCUT2D eigenvalue weighted by Crippen LogP contribution is 2.35. The molecule has 0 aliphatic heterocycles. The Kier molecular flexibility index (Phi) is 14.7. The fraction of sp³-hybridized carbons (Fsp3) is 0.771. The van der Waals surface area contributed by atoms with Crippen LogP contribution in [0.1, 0.15) is 141 Å². The number of unbranched alkanes of at least 4 members (excludes halogenated alkanes) is 6. The molecule has 1 aromatic rings. The van der Waals surface area contributed by atoms with Crippen LogP contribution in [0.25, 0.3) is 0 Å². The van der Waals surface area contributed by atoms with Gasteiger partial charge in [-0.2, -0.15) is 0 Å². The molecule has 0 bridgehead atoms. The van der Waals surface area contributed by atoms with Gasteiger partial charge in [-0.25, -0.2) is 0 Å². The molecule has 1 heteroatoms. The van der Waals surface area contributed by atoms with Crippen LogP contribution < -0.4 is 4.74 Å². The van der Waals surface area contributed by atoms with Crippen molar-refractivity contribution >= 4 is 0 Å². The van der Waals surface area contributed by atoms with Gasteiger partial charge in [-0.05, 0) is 79.9 Å². The quantitative estimate of drug-likeness (QED) is 0.154. The van der Waals surface area contributed by atoms with Crippen molar-refractivity contribution in [2.24, 2.45) is 23.7 Å². The first-order valence-electron chi connectivity index (χ1n) is 16.1. The minimum absolute atomic E-state index is 0.706. The molecular formula is C35H58O. The molecule has 1 aromatic carbocycles. The number of ether oxygens (including phenoxy) is 1. The van der Waals surface area contributed by atoms with Crippen molar-refractivity contribution in [1.29, 1.82) is 0 Å². The van der Waals surface area contributed by atoms with E-state index in [-0.39, 0.29) is 0 Å². The SMILES string of the molecule is CCCCCCC[C@H]1CC[C@H](CCc2ccc(OC/C=C/[C@H]3CC[C@H](CCCCC)CC3)cc2)CC1. The lowest BCUT2D eigenvalue weighted by Crippen LogP contribution is -2.15. The van der Waals surface area contributed by atoms with Gasteiger partial charge in [0.2, 0.25) is 0 Å². The van der Waals surface area contributed by atoms with E-state index in [1.54, 1.807) is 0 Å². The molecule has 2 aliphatic rings. The number of benzene rings is 1. The van der Waals surface area contributed by atoms with Gasteiger partial charge in [0.1, 0.15) is 12.4 Å². The number of aryl methyl sites for hydroxylation is 1. The highest BCUT2D eigenvalue weighted by atomic mass is 16.5. The zero-order valence-electron chi connectivity index (χ0n) is 24.0. The van der Waals surface area contributed by atoms with E-state index in [0.29, 0.717) is 6.61 Å². The Balaban J connectivity index is 1.23. The van der Waals surface area contributed by atoms with E-state index >= 15 is 0 Å². The van der Waals surface area contributed by atoms with E-state index in [4.69, 9.17) is 4.74 Å². The summed E-state index contributed by atoms with van der Waals surface area (Å²) >= 11 is 0. The Morgan fingerprint density at radius 1 is 0.639 bits per heavy atom. The van der Waals surface area contributed by atoms with Crippen LogP contribution in [0.3, 0.4) is 0 Å². The summed E-state index contributed by atoms with van der Waals surface area (Å²) in [6, 6.07) is 8.95. The van der Waals surface area contributed by atoms with Crippen LogP contribution in [0.5, 0.6) is 5.75 Å². The number of hydrogen-bond donors (Lipinski definition) is 0. The van der Waals surface area contributed by atoms with Gasteiger partial charge in [0.25, 0.3) is 0 Å². The van der Waals surface area contributed by atoms with Gasteiger partial charge in [-0.15, -0.1) is 0 Å². The summed E-state index contributed by atoms with van der Waals surface area (Å²) in [6.45, 7) is 5.32. The molecule has 0 atom stereocenters. The second-order valence-electron chi connectivity index (χ2n) is 12.3. The molecule has 0 unspecified atom stereocenters. The Morgan fingerprint density at radius 2 is 1.17 bits per heavy atom. The first-order chi connectivity index (χ1) is 17.8. The normalized spacial score (nSPS) is 24.8. The molecule has 3 rings (SSSR count). The summed E-state index contributed by atoms with van der Waals surface area (Å²) in [5, 5.41) is 0. The maximum Gasteiger partial charge on any atom is 0.119 e. The van der Waals surface area contributed by atoms with Crippen LogP contribution >= 0.6 is 0 Å². The second kappa shape index (κ2) is 18.1. The Bertz CT molecular complexity index is 673. The maximum atomic E-state index is 6.01. The van der Waals surface area contributed by atoms with E-state index in [0.717, 1.165) is 29.4 Å². The Labute approximate surface area is 224 Å². The lowest BCUT2D eigenvalue weighted by molar-refractivity contribution is 0.248. The van der Waals surface area contributed by atoms with Crippen LogP contribution in [0.4, 0.5) is 0 Å². The Morgan fingerprint density at radius 3 is 1.81 bits per heavy atom. The van der Waals surface area contributed by atoms with Crippen LogP contribution in [-0.4, -0.2) is 6.61 Å². The lowest BCUT2D eigenvalue weighted by atomic mass is 9.78. The van der Waals surface area contributed by atoms with Crippen molar-refractivity contribution in [2.75, 3.05) is 6.61 Å². The monoisotopic (exact) mass is 494 g/mol. The summed E-state index contributed by atoms with van der Waals surface area (Å²) in [5.74, 6) is 4.77. The van der Waals surface area contributed by atoms with Gasteiger partial charge in [0.15, 0.2) is 0 Å². The van der Waals surface area contributed by atoms with Gasteiger partial charge in [0, 0.05) is 0 Å². The molecule has 0 radical (unpaired) electrons. The molecule has 0 aromatic heterocycles. The molecule has 0 N–H and O–H groups in total. The minimum Gasteiger partial charge on any atom is -0.490 e. The molecule has 0 spiro atoms. The van der Waals surface area contributed by atoms with Crippen molar-refractivity contribution in [3.63, 3.8) is 0 Å². The van der Waals surface area contributed by atoms with Gasteiger partial charge >= 0.3 is 0 Å². The highest BCUT2D eigenvalue weighted by molar-refractivity contribution is 5.27. The topological polar surface area (TPSA) is 9.23 Å². The Hall–Kier alpha value is -1.24. The third kappa shape index (κ3) is 11.9. The number of rotatable bonds is 17. The summed E-state index contributed by atoms with van der Waals surface area (Å²) in [4.78, 5) is 0. The summed E-state index contributed by atoms with van der Waals surface area (Å²) in [5.41, 5.74) is 1.48. The van der Waals surface area contributed by atoms with E-state index < -0.39 is 0 Å². The summed E-state index contributed by atoms with van der Waals surface area (Å²) in [7, 11) is 0. The fourth-order valence-corrected chi connectivity index (χ4v) is 6.71. The van der Waals surface area contributed by atoms with Gasteiger partial charge < -0.3 is 4.74 Å². The lowest BCUT2D eigenvalue weighted by Gasteiger charge is -2.28. The third-order valence-electron chi connectivity index (χ3n) is 9.31. The van der Waals surface area contributed by atoms with Crippen LogP contribution in [0, 0.1) is 23.7 Å². The summed E-state index contributed by atoms with van der Waals surface area (Å²) in [6.07, 6.45) is 33.1. The maximum absolute atomic E-state index is 6.01. The first kappa shape index (κ1) is 29.3.